The van der Waals surface area contributed by atoms with E-state index in [0.717, 1.165) is 11.3 Å². The fourth-order valence-corrected chi connectivity index (χ4v) is 1.89. The van der Waals surface area contributed by atoms with Crippen LogP contribution in [0.4, 0.5) is 0 Å². The van der Waals surface area contributed by atoms with Crippen molar-refractivity contribution in [1.29, 1.82) is 0 Å². The van der Waals surface area contributed by atoms with Crippen molar-refractivity contribution in [3.8, 4) is 5.75 Å². The number of carbonyl (C=O) groups excluding carboxylic acids is 2. The minimum atomic E-state index is -0.619. The second kappa shape index (κ2) is 7.21. The van der Waals surface area contributed by atoms with E-state index in [9.17, 15) is 9.59 Å². The van der Waals surface area contributed by atoms with Crippen LogP contribution in [-0.2, 0) is 6.42 Å². The van der Waals surface area contributed by atoms with Gasteiger partial charge in [0, 0.05) is 12.7 Å². The Morgan fingerprint density at radius 3 is 2.45 bits per heavy atom. The Kier molecular flexibility index (Phi) is 5.08. The van der Waals surface area contributed by atoms with Crippen molar-refractivity contribution in [2.45, 2.75) is 6.42 Å². The molecular weight excluding hydrogens is 282 g/mol. The van der Waals surface area contributed by atoms with Gasteiger partial charge < -0.3 is 15.8 Å². The van der Waals surface area contributed by atoms with Crippen LogP contribution in [0.15, 0.2) is 42.6 Å². The van der Waals surface area contributed by atoms with E-state index in [4.69, 9.17) is 10.5 Å². The third-order valence-electron chi connectivity index (χ3n) is 3.14. The van der Waals surface area contributed by atoms with Gasteiger partial charge in [0.05, 0.1) is 12.7 Å². The number of nitrogens with one attached hydrogen (secondary N) is 1. The molecule has 0 bridgehead atoms. The lowest BCUT2D eigenvalue weighted by Gasteiger charge is -2.06. The predicted molar refractivity (Wildman–Crippen MR) is 81.8 cm³/mol. The molecule has 0 saturated carbocycles. The number of carbonyl (C=O) groups is 2. The van der Waals surface area contributed by atoms with Crippen LogP contribution >= 0.6 is 0 Å². The number of primary amides is 1. The van der Waals surface area contributed by atoms with Crippen molar-refractivity contribution < 1.29 is 14.3 Å². The third kappa shape index (κ3) is 4.05. The van der Waals surface area contributed by atoms with Crippen molar-refractivity contribution in [3.63, 3.8) is 0 Å². The van der Waals surface area contributed by atoms with E-state index in [1.54, 1.807) is 7.11 Å². The molecule has 0 aliphatic carbocycles. The van der Waals surface area contributed by atoms with Gasteiger partial charge in [0.15, 0.2) is 0 Å². The molecule has 0 spiro atoms. The first-order valence-corrected chi connectivity index (χ1v) is 6.77. The number of methoxy groups -OCH3 is 1. The molecule has 2 rings (SSSR count). The number of benzene rings is 1. The lowest BCUT2D eigenvalue weighted by atomic mass is 10.1. The van der Waals surface area contributed by atoms with Gasteiger partial charge in [0.2, 0.25) is 0 Å². The number of pyridine rings is 1. The Labute approximate surface area is 128 Å². The highest BCUT2D eigenvalue weighted by Gasteiger charge is 2.07. The van der Waals surface area contributed by atoms with Crippen LogP contribution in [0.1, 0.15) is 26.4 Å². The second-order valence-electron chi connectivity index (χ2n) is 4.65. The third-order valence-corrected chi connectivity index (χ3v) is 3.14. The van der Waals surface area contributed by atoms with E-state index in [0.29, 0.717) is 18.5 Å². The molecule has 1 aromatic heterocycles. The molecule has 2 amide bonds. The maximum atomic E-state index is 11.9. The number of nitrogens with zero attached hydrogens (tertiary/aromatic N) is 1. The van der Waals surface area contributed by atoms with Crippen molar-refractivity contribution in [2.75, 3.05) is 13.7 Å². The number of ether oxygens (including phenoxy) is 1. The summed E-state index contributed by atoms with van der Waals surface area (Å²) in [6.07, 6.45) is 2.05. The summed E-state index contributed by atoms with van der Waals surface area (Å²) in [5.41, 5.74) is 6.72. The van der Waals surface area contributed by atoms with E-state index in [2.05, 4.69) is 10.3 Å². The highest BCUT2D eigenvalue weighted by atomic mass is 16.5. The van der Waals surface area contributed by atoms with Gasteiger partial charge in [-0.25, -0.2) is 0 Å². The first-order chi connectivity index (χ1) is 10.6. The summed E-state index contributed by atoms with van der Waals surface area (Å²) in [5.74, 6) is -0.0584. The van der Waals surface area contributed by atoms with E-state index >= 15 is 0 Å². The standard InChI is InChI=1S/C16H17N3O3/c1-22-13-5-2-11(3-6-13)8-9-18-16(21)12-4-7-14(15(17)20)19-10-12/h2-7,10H,8-9H2,1H3,(H2,17,20)(H,18,21). The van der Waals surface area contributed by atoms with Gasteiger partial charge in [-0.2, -0.15) is 0 Å². The summed E-state index contributed by atoms with van der Waals surface area (Å²) in [5, 5.41) is 2.80. The lowest BCUT2D eigenvalue weighted by molar-refractivity contribution is 0.0950. The maximum Gasteiger partial charge on any atom is 0.267 e. The summed E-state index contributed by atoms with van der Waals surface area (Å²) in [6, 6.07) is 10.6. The largest absolute Gasteiger partial charge is 0.497 e. The molecular formula is C16H17N3O3. The lowest BCUT2D eigenvalue weighted by Crippen LogP contribution is -2.26. The molecule has 114 valence electrons. The normalized spacial score (nSPS) is 10.0. The molecule has 22 heavy (non-hydrogen) atoms. The number of amides is 2. The summed E-state index contributed by atoms with van der Waals surface area (Å²) < 4.78 is 5.09. The molecule has 1 heterocycles. The van der Waals surface area contributed by atoms with Crippen molar-refractivity contribution in [2.24, 2.45) is 5.73 Å². The van der Waals surface area contributed by atoms with Gasteiger partial charge >= 0.3 is 0 Å². The van der Waals surface area contributed by atoms with Gasteiger partial charge in [-0.3, -0.25) is 14.6 Å². The summed E-state index contributed by atoms with van der Waals surface area (Å²) in [4.78, 5) is 26.7. The van der Waals surface area contributed by atoms with Gasteiger partial charge in [-0.15, -0.1) is 0 Å². The van der Waals surface area contributed by atoms with Crippen LogP contribution in [-0.4, -0.2) is 30.5 Å². The molecule has 0 aliphatic heterocycles. The van der Waals surface area contributed by atoms with Crippen LogP contribution in [0.25, 0.3) is 0 Å². The van der Waals surface area contributed by atoms with Gasteiger partial charge in [-0.05, 0) is 36.2 Å². The SMILES string of the molecule is COc1ccc(CCNC(=O)c2ccc(C(N)=O)nc2)cc1. The Morgan fingerprint density at radius 2 is 1.91 bits per heavy atom. The Bertz CT molecular complexity index is 651. The molecule has 1 aromatic carbocycles. The Morgan fingerprint density at radius 1 is 1.18 bits per heavy atom. The molecule has 3 N–H and O–H groups in total. The van der Waals surface area contributed by atoms with E-state index in [1.165, 1.54) is 18.3 Å². The van der Waals surface area contributed by atoms with Crippen LogP contribution in [0, 0.1) is 0 Å². The fraction of sp³-hybridized carbons (Fsp3) is 0.188. The second-order valence-corrected chi connectivity index (χ2v) is 4.65. The average molecular weight is 299 g/mol. The number of rotatable bonds is 6. The minimum absolute atomic E-state index is 0.134. The number of hydrogen-bond acceptors (Lipinski definition) is 4. The molecule has 0 aliphatic rings. The van der Waals surface area contributed by atoms with Crippen molar-refractivity contribution in [1.82, 2.24) is 10.3 Å². The summed E-state index contributed by atoms with van der Waals surface area (Å²) >= 11 is 0. The topological polar surface area (TPSA) is 94.3 Å². The maximum absolute atomic E-state index is 11.9. The van der Waals surface area contributed by atoms with Gasteiger partial charge in [-0.1, -0.05) is 12.1 Å². The zero-order valence-corrected chi connectivity index (χ0v) is 12.2. The molecule has 0 fully saturated rings. The van der Waals surface area contributed by atoms with E-state index < -0.39 is 5.91 Å². The van der Waals surface area contributed by atoms with Crippen LogP contribution in [0.2, 0.25) is 0 Å². The van der Waals surface area contributed by atoms with E-state index in [1.807, 2.05) is 24.3 Å². The smallest absolute Gasteiger partial charge is 0.267 e. The monoisotopic (exact) mass is 299 g/mol. The summed E-state index contributed by atoms with van der Waals surface area (Å²) in [7, 11) is 1.62. The zero-order valence-electron chi connectivity index (χ0n) is 12.2. The molecule has 0 unspecified atom stereocenters. The first-order valence-electron chi connectivity index (χ1n) is 6.77. The fourth-order valence-electron chi connectivity index (χ4n) is 1.89. The molecule has 2 aromatic rings. The summed E-state index contributed by atoms with van der Waals surface area (Å²) in [6.45, 7) is 0.503. The molecule has 6 heteroatoms. The van der Waals surface area contributed by atoms with Gasteiger partial charge in [0.1, 0.15) is 11.4 Å². The van der Waals surface area contributed by atoms with E-state index in [-0.39, 0.29) is 11.6 Å². The van der Waals surface area contributed by atoms with Crippen LogP contribution in [0.5, 0.6) is 5.75 Å². The van der Waals surface area contributed by atoms with Crippen LogP contribution in [0.3, 0.4) is 0 Å². The number of aromatic nitrogens is 1. The molecule has 0 radical (unpaired) electrons. The zero-order chi connectivity index (χ0) is 15.9. The molecule has 0 saturated heterocycles. The Hall–Kier alpha value is -2.89. The van der Waals surface area contributed by atoms with Crippen LogP contribution < -0.4 is 15.8 Å². The predicted octanol–water partition coefficient (Wildman–Crippen LogP) is 1.16. The Balaban J connectivity index is 1.85. The molecule has 6 nitrogen and oxygen atoms in total. The number of hydrogen-bond donors (Lipinski definition) is 2. The average Bonchev–Trinajstić information content (AvgIpc) is 2.55. The first kappa shape index (κ1) is 15.5. The molecule has 0 atom stereocenters. The van der Waals surface area contributed by atoms with Gasteiger partial charge in [0.25, 0.3) is 11.8 Å². The van der Waals surface area contributed by atoms with Crippen molar-refractivity contribution >= 4 is 11.8 Å². The highest BCUT2D eigenvalue weighted by Crippen LogP contribution is 2.11. The van der Waals surface area contributed by atoms with Crippen molar-refractivity contribution in [3.05, 3.63) is 59.4 Å². The quantitative estimate of drug-likeness (QED) is 0.837. The minimum Gasteiger partial charge on any atom is -0.497 e. The highest BCUT2D eigenvalue weighted by molar-refractivity contribution is 5.95. The number of nitrogens with two attached hydrogens (primary N) is 1.